The third-order valence-corrected chi connectivity index (χ3v) is 7.00. The number of halogens is 1. The summed E-state index contributed by atoms with van der Waals surface area (Å²) in [6.07, 6.45) is 6.48. The molecule has 2 fully saturated rings. The Morgan fingerprint density at radius 1 is 1.24 bits per heavy atom. The highest BCUT2D eigenvalue weighted by Crippen LogP contribution is 2.35. The summed E-state index contributed by atoms with van der Waals surface area (Å²) in [6.45, 7) is 7.95. The molecule has 2 N–H and O–H groups in total. The predicted octanol–water partition coefficient (Wildman–Crippen LogP) is 3.13. The van der Waals surface area contributed by atoms with Gasteiger partial charge in [-0.1, -0.05) is 19.3 Å². The maximum Gasteiger partial charge on any atom is 0.259 e. The van der Waals surface area contributed by atoms with Crippen LogP contribution in [0.1, 0.15) is 48.4 Å². The second kappa shape index (κ2) is 7.35. The lowest BCUT2D eigenvalue weighted by atomic mass is 9.79. The van der Waals surface area contributed by atoms with Gasteiger partial charge in [-0.2, -0.15) is 0 Å². The van der Waals surface area contributed by atoms with Gasteiger partial charge in [0.05, 0.1) is 11.9 Å². The van der Waals surface area contributed by atoms with E-state index in [-0.39, 0.29) is 23.5 Å². The number of hydrogen-bond donors (Lipinski definition) is 2. The van der Waals surface area contributed by atoms with E-state index in [0.717, 1.165) is 47.8 Å². The Kier molecular flexibility index (Phi) is 5.54. The van der Waals surface area contributed by atoms with E-state index in [1.807, 2.05) is 6.92 Å². The highest BCUT2D eigenvalue weighted by Gasteiger charge is 2.39. The summed E-state index contributed by atoms with van der Waals surface area (Å²) in [7, 11) is 0. The van der Waals surface area contributed by atoms with Gasteiger partial charge in [-0.3, -0.25) is 9.69 Å². The third-order valence-electron chi connectivity index (χ3n) is 5.90. The molecular formula is C18H27ClN4OS. The number of fused-ring (bicyclic) bond motifs is 1. The zero-order chi connectivity index (χ0) is 16.7. The summed E-state index contributed by atoms with van der Waals surface area (Å²) in [5, 5.41) is 4.35. The largest absolute Gasteiger partial charge is 0.314 e. The summed E-state index contributed by atoms with van der Waals surface area (Å²) >= 11 is 1.63. The van der Waals surface area contributed by atoms with Gasteiger partial charge in [0.25, 0.3) is 5.56 Å². The molecule has 0 unspecified atom stereocenters. The van der Waals surface area contributed by atoms with E-state index in [1.165, 1.54) is 37.0 Å². The Bertz CT molecular complexity index is 801. The Morgan fingerprint density at radius 3 is 2.76 bits per heavy atom. The first-order valence-corrected chi connectivity index (χ1v) is 9.85. The molecule has 0 radical (unpaired) electrons. The monoisotopic (exact) mass is 382 g/mol. The maximum atomic E-state index is 12.5. The molecule has 4 rings (SSSR count). The number of aryl methyl sites for hydroxylation is 2. The van der Waals surface area contributed by atoms with Crippen molar-refractivity contribution in [1.29, 1.82) is 0 Å². The molecule has 7 heteroatoms. The van der Waals surface area contributed by atoms with Gasteiger partial charge < -0.3 is 10.3 Å². The number of thiophene rings is 1. The van der Waals surface area contributed by atoms with Crippen molar-refractivity contribution in [2.75, 3.05) is 19.6 Å². The molecule has 1 spiro atoms. The summed E-state index contributed by atoms with van der Waals surface area (Å²) < 4.78 is 0. The molecule has 0 amide bonds. The molecule has 0 aromatic carbocycles. The summed E-state index contributed by atoms with van der Waals surface area (Å²) in [5.41, 5.74) is 1.34. The van der Waals surface area contributed by atoms with Crippen LogP contribution in [-0.4, -0.2) is 40.0 Å². The molecule has 1 aliphatic heterocycles. The van der Waals surface area contributed by atoms with Gasteiger partial charge in [-0.15, -0.1) is 23.7 Å². The SMILES string of the molecule is Cc1sc2nc(CN3CCNCC34CCCCC4)[nH]c(=O)c2c1C.Cl. The van der Waals surface area contributed by atoms with Crippen molar-refractivity contribution in [1.82, 2.24) is 20.2 Å². The Morgan fingerprint density at radius 2 is 2.00 bits per heavy atom. The second-order valence-electron chi connectivity index (χ2n) is 7.36. The van der Waals surface area contributed by atoms with E-state index < -0.39 is 0 Å². The zero-order valence-corrected chi connectivity index (χ0v) is 16.6. The second-order valence-corrected chi connectivity index (χ2v) is 8.56. The Labute approximate surface area is 158 Å². The van der Waals surface area contributed by atoms with Gasteiger partial charge in [0, 0.05) is 30.1 Å². The van der Waals surface area contributed by atoms with Crippen LogP contribution in [0.25, 0.3) is 10.2 Å². The van der Waals surface area contributed by atoms with Crippen molar-refractivity contribution < 1.29 is 0 Å². The number of nitrogens with zero attached hydrogens (tertiary/aromatic N) is 2. The van der Waals surface area contributed by atoms with E-state index >= 15 is 0 Å². The number of nitrogens with one attached hydrogen (secondary N) is 2. The van der Waals surface area contributed by atoms with Gasteiger partial charge in [0.2, 0.25) is 0 Å². The fourth-order valence-corrected chi connectivity index (χ4v) is 5.44. The standard InChI is InChI=1S/C18H26N4OS.ClH/c1-12-13(2)24-17-15(12)16(23)20-14(21-17)10-22-9-8-19-11-18(22)6-4-3-5-7-18;/h19H,3-11H2,1-2H3,(H,20,21,23);1H. The minimum Gasteiger partial charge on any atom is -0.314 e. The Balaban J connectivity index is 0.00000182. The summed E-state index contributed by atoms with van der Waals surface area (Å²) in [6, 6.07) is 0. The molecule has 0 bridgehead atoms. The molecule has 0 atom stereocenters. The molecule has 25 heavy (non-hydrogen) atoms. The molecular weight excluding hydrogens is 356 g/mol. The molecule has 2 aromatic rings. The lowest BCUT2D eigenvalue weighted by Gasteiger charge is -2.49. The molecule has 3 heterocycles. The van der Waals surface area contributed by atoms with Gasteiger partial charge in [-0.05, 0) is 32.3 Å². The number of H-pyrrole nitrogens is 1. The van der Waals surface area contributed by atoms with E-state index in [0.29, 0.717) is 0 Å². The number of aromatic nitrogens is 2. The van der Waals surface area contributed by atoms with E-state index in [9.17, 15) is 4.79 Å². The lowest BCUT2D eigenvalue weighted by molar-refractivity contribution is 0.0189. The van der Waals surface area contributed by atoms with Crippen LogP contribution in [0.5, 0.6) is 0 Å². The number of aromatic amines is 1. The fraction of sp³-hybridized carbons (Fsp3) is 0.667. The molecule has 2 aromatic heterocycles. The van der Waals surface area contributed by atoms with Crippen molar-refractivity contribution in [2.45, 2.75) is 58.0 Å². The average Bonchev–Trinajstić information content (AvgIpc) is 2.85. The molecule has 1 saturated heterocycles. The zero-order valence-electron chi connectivity index (χ0n) is 15.0. The first kappa shape index (κ1) is 18.8. The first-order valence-electron chi connectivity index (χ1n) is 9.04. The number of hydrogen-bond acceptors (Lipinski definition) is 5. The molecule has 5 nitrogen and oxygen atoms in total. The van der Waals surface area contributed by atoms with Crippen molar-refractivity contribution in [2.24, 2.45) is 0 Å². The Hall–Kier alpha value is -0.950. The van der Waals surface area contributed by atoms with Crippen LogP contribution in [0.3, 0.4) is 0 Å². The topological polar surface area (TPSA) is 61.0 Å². The van der Waals surface area contributed by atoms with E-state index in [1.54, 1.807) is 11.3 Å². The van der Waals surface area contributed by atoms with Crippen LogP contribution in [0.2, 0.25) is 0 Å². The van der Waals surface area contributed by atoms with Crippen LogP contribution >= 0.6 is 23.7 Å². The van der Waals surface area contributed by atoms with Gasteiger partial charge in [0.1, 0.15) is 10.7 Å². The highest BCUT2D eigenvalue weighted by atomic mass is 35.5. The molecule has 2 aliphatic rings. The van der Waals surface area contributed by atoms with Gasteiger partial charge >= 0.3 is 0 Å². The lowest BCUT2D eigenvalue weighted by Crippen LogP contribution is -2.61. The fourth-order valence-electron chi connectivity index (χ4n) is 4.39. The van der Waals surface area contributed by atoms with Crippen LogP contribution in [0.15, 0.2) is 4.79 Å². The minimum atomic E-state index is 0. The minimum absolute atomic E-state index is 0. The van der Waals surface area contributed by atoms with E-state index in [2.05, 4.69) is 22.1 Å². The van der Waals surface area contributed by atoms with Crippen LogP contribution in [0, 0.1) is 13.8 Å². The van der Waals surface area contributed by atoms with Crippen molar-refractivity contribution in [3.8, 4) is 0 Å². The van der Waals surface area contributed by atoms with Crippen LogP contribution in [0.4, 0.5) is 0 Å². The predicted molar refractivity (Wildman–Crippen MR) is 106 cm³/mol. The number of piperazine rings is 1. The quantitative estimate of drug-likeness (QED) is 0.837. The number of rotatable bonds is 2. The molecule has 1 saturated carbocycles. The maximum absolute atomic E-state index is 12.5. The van der Waals surface area contributed by atoms with E-state index in [4.69, 9.17) is 4.98 Å². The van der Waals surface area contributed by atoms with Crippen molar-refractivity contribution in [3.63, 3.8) is 0 Å². The van der Waals surface area contributed by atoms with Crippen LogP contribution in [-0.2, 0) is 6.54 Å². The van der Waals surface area contributed by atoms with Gasteiger partial charge in [0.15, 0.2) is 0 Å². The van der Waals surface area contributed by atoms with Crippen molar-refractivity contribution >= 4 is 34.0 Å². The third kappa shape index (κ3) is 3.37. The highest BCUT2D eigenvalue weighted by molar-refractivity contribution is 7.18. The summed E-state index contributed by atoms with van der Waals surface area (Å²) in [5.74, 6) is 0.820. The normalized spacial score (nSPS) is 20.7. The molecule has 138 valence electrons. The first-order chi connectivity index (χ1) is 11.6. The van der Waals surface area contributed by atoms with Gasteiger partial charge in [-0.25, -0.2) is 4.98 Å². The average molecular weight is 383 g/mol. The molecule has 1 aliphatic carbocycles. The smallest absolute Gasteiger partial charge is 0.259 e. The van der Waals surface area contributed by atoms with Crippen molar-refractivity contribution in [3.05, 3.63) is 26.6 Å². The summed E-state index contributed by atoms with van der Waals surface area (Å²) in [4.78, 5) is 25.0. The van der Waals surface area contributed by atoms with Crippen LogP contribution < -0.4 is 10.9 Å².